The van der Waals surface area contributed by atoms with Crippen LogP contribution in [0.15, 0.2) is 11.3 Å². The van der Waals surface area contributed by atoms with Gasteiger partial charge in [-0.15, -0.1) is 0 Å². The van der Waals surface area contributed by atoms with Crippen LogP contribution < -0.4 is 5.32 Å². The van der Waals surface area contributed by atoms with E-state index in [-0.39, 0.29) is 0 Å². The third-order valence-electron chi connectivity index (χ3n) is 3.39. The van der Waals surface area contributed by atoms with Gasteiger partial charge in [-0.3, -0.25) is 4.90 Å². The van der Waals surface area contributed by atoms with E-state index in [4.69, 9.17) is 5.11 Å². The first kappa shape index (κ1) is 13.0. The van der Waals surface area contributed by atoms with Gasteiger partial charge in [0.1, 0.15) is 0 Å². The molecule has 1 aliphatic rings. The molecule has 0 aromatic carbocycles. The van der Waals surface area contributed by atoms with E-state index in [1.807, 2.05) is 6.92 Å². The maximum atomic E-state index is 10.7. The Morgan fingerprint density at radius 2 is 2.19 bits per heavy atom. The molecule has 1 fully saturated rings. The van der Waals surface area contributed by atoms with E-state index in [2.05, 4.69) is 17.1 Å². The average Bonchev–Trinajstić information content (AvgIpc) is 2.71. The second-order valence-electron chi connectivity index (χ2n) is 4.36. The lowest BCUT2D eigenvalue weighted by Crippen LogP contribution is -2.37. The molecule has 1 atom stereocenters. The van der Waals surface area contributed by atoms with Crippen molar-refractivity contribution >= 4 is 5.97 Å². The zero-order chi connectivity index (χ0) is 12.1. The molecule has 0 aliphatic carbocycles. The van der Waals surface area contributed by atoms with Crippen LogP contribution in [0.5, 0.6) is 0 Å². The highest BCUT2D eigenvalue weighted by atomic mass is 16.4. The maximum absolute atomic E-state index is 10.7. The number of nitrogens with one attached hydrogen (secondary N) is 1. The molecule has 0 saturated carbocycles. The molecule has 0 bridgehead atoms. The smallest absolute Gasteiger partial charge is 0.333 e. The third-order valence-corrected chi connectivity index (χ3v) is 3.39. The van der Waals surface area contributed by atoms with Crippen molar-refractivity contribution in [3.05, 3.63) is 11.3 Å². The predicted molar refractivity (Wildman–Crippen MR) is 64.3 cm³/mol. The molecule has 1 saturated heterocycles. The quantitative estimate of drug-likeness (QED) is 0.696. The molecular weight excluding hydrogens is 204 g/mol. The van der Waals surface area contributed by atoms with Gasteiger partial charge in [-0.2, -0.15) is 0 Å². The molecule has 1 heterocycles. The second-order valence-corrected chi connectivity index (χ2v) is 4.36. The van der Waals surface area contributed by atoms with Crippen molar-refractivity contribution in [3.8, 4) is 0 Å². The van der Waals surface area contributed by atoms with E-state index in [0.717, 1.165) is 18.8 Å². The average molecular weight is 226 g/mol. The molecule has 0 aromatic rings. The normalized spacial score (nSPS) is 23.1. The summed E-state index contributed by atoms with van der Waals surface area (Å²) >= 11 is 0. The fraction of sp³-hybridized carbons (Fsp3) is 0.750. The number of aliphatic carboxylic acids is 1. The van der Waals surface area contributed by atoms with Crippen molar-refractivity contribution in [1.29, 1.82) is 0 Å². The Morgan fingerprint density at radius 3 is 2.75 bits per heavy atom. The number of allylic oxidation sites excluding steroid dienone is 1. The van der Waals surface area contributed by atoms with Gasteiger partial charge in [-0.25, -0.2) is 4.79 Å². The first-order chi connectivity index (χ1) is 7.56. The lowest BCUT2D eigenvalue weighted by Gasteiger charge is -2.23. The monoisotopic (exact) mass is 226 g/mol. The minimum atomic E-state index is -0.844. The van der Waals surface area contributed by atoms with Crippen molar-refractivity contribution < 1.29 is 9.90 Å². The van der Waals surface area contributed by atoms with E-state index >= 15 is 0 Å². The van der Waals surface area contributed by atoms with Crippen molar-refractivity contribution in [3.63, 3.8) is 0 Å². The van der Waals surface area contributed by atoms with Crippen molar-refractivity contribution in [2.45, 2.75) is 39.7 Å². The van der Waals surface area contributed by atoms with Gasteiger partial charge in [0.15, 0.2) is 0 Å². The van der Waals surface area contributed by atoms with Crippen LogP contribution in [0.2, 0.25) is 0 Å². The van der Waals surface area contributed by atoms with Gasteiger partial charge in [-0.05, 0) is 39.8 Å². The molecule has 0 amide bonds. The van der Waals surface area contributed by atoms with Crippen LogP contribution in [-0.4, -0.2) is 41.7 Å². The minimum absolute atomic E-state index is 0.404. The third kappa shape index (κ3) is 3.23. The summed E-state index contributed by atoms with van der Waals surface area (Å²) in [6, 6.07) is 0.557. The standard InChI is InChI=1S/C12H22N2O2/c1-4-14-7-5-6-11(14)8-13-10(3)9(2)12(15)16/h11,13H,4-8H2,1-3H3,(H,15,16)/b10-9-. The molecule has 1 unspecified atom stereocenters. The topological polar surface area (TPSA) is 52.6 Å². The Balaban J connectivity index is 2.45. The number of carbonyl (C=O) groups is 1. The van der Waals surface area contributed by atoms with Crippen LogP contribution in [-0.2, 0) is 4.79 Å². The Kier molecular flexibility index (Phi) is 4.80. The number of likely N-dealkylation sites (tertiary alicyclic amines) is 1. The van der Waals surface area contributed by atoms with Gasteiger partial charge in [0.2, 0.25) is 0 Å². The van der Waals surface area contributed by atoms with Gasteiger partial charge in [0, 0.05) is 18.3 Å². The van der Waals surface area contributed by atoms with E-state index in [1.54, 1.807) is 6.92 Å². The highest BCUT2D eigenvalue weighted by Crippen LogP contribution is 2.16. The van der Waals surface area contributed by atoms with Crippen LogP contribution in [0.4, 0.5) is 0 Å². The Bertz CT molecular complexity index is 287. The van der Waals surface area contributed by atoms with Crippen molar-refractivity contribution in [2.75, 3.05) is 19.6 Å². The Labute approximate surface area is 97.3 Å². The zero-order valence-corrected chi connectivity index (χ0v) is 10.4. The van der Waals surface area contributed by atoms with Gasteiger partial charge in [0.25, 0.3) is 0 Å². The number of nitrogens with zero attached hydrogens (tertiary/aromatic N) is 1. The van der Waals surface area contributed by atoms with E-state index in [1.165, 1.54) is 19.4 Å². The lowest BCUT2D eigenvalue weighted by atomic mass is 10.2. The first-order valence-electron chi connectivity index (χ1n) is 5.95. The van der Waals surface area contributed by atoms with E-state index in [0.29, 0.717) is 11.6 Å². The summed E-state index contributed by atoms with van der Waals surface area (Å²) in [4.78, 5) is 13.2. The highest BCUT2D eigenvalue weighted by molar-refractivity contribution is 5.86. The van der Waals surface area contributed by atoms with Gasteiger partial charge in [-0.1, -0.05) is 6.92 Å². The van der Waals surface area contributed by atoms with Gasteiger partial charge < -0.3 is 10.4 Å². The molecule has 0 radical (unpaired) electrons. The molecule has 92 valence electrons. The van der Waals surface area contributed by atoms with E-state index in [9.17, 15) is 4.79 Å². The first-order valence-corrected chi connectivity index (χ1v) is 5.95. The van der Waals surface area contributed by atoms with E-state index < -0.39 is 5.97 Å². The fourth-order valence-electron chi connectivity index (χ4n) is 2.11. The van der Waals surface area contributed by atoms with Crippen LogP contribution in [0.3, 0.4) is 0 Å². The fourth-order valence-corrected chi connectivity index (χ4v) is 2.11. The van der Waals surface area contributed by atoms with Gasteiger partial charge in [0.05, 0.1) is 5.57 Å². The minimum Gasteiger partial charge on any atom is -0.478 e. The second kappa shape index (κ2) is 5.89. The summed E-state index contributed by atoms with van der Waals surface area (Å²) < 4.78 is 0. The summed E-state index contributed by atoms with van der Waals surface area (Å²) in [5.41, 5.74) is 1.18. The molecule has 0 spiro atoms. The van der Waals surface area contributed by atoms with Crippen LogP contribution >= 0.6 is 0 Å². The van der Waals surface area contributed by atoms with Gasteiger partial charge >= 0.3 is 5.97 Å². The Morgan fingerprint density at radius 1 is 1.50 bits per heavy atom. The number of carboxylic acid groups (broad SMARTS) is 1. The largest absolute Gasteiger partial charge is 0.478 e. The lowest BCUT2D eigenvalue weighted by molar-refractivity contribution is -0.132. The number of likely N-dealkylation sites (N-methyl/N-ethyl adjacent to an activating group) is 1. The number of carboxylic acids is 1. The molecule has 2 N–H and O–H groups in total. The van der Waals surface area contributed by atoms with Crippen molar-refractivity contribution in [1.82, 2.24) is 10.2 Å². The van der Waals surface area contributed by atoms with Crippen LogP contribution in [0.25, 0.3) is 0 Å². The summed E-state index contributed by atoms with van der Waals surface area (Å²) in [5.74, 6) is -0.844. The van der Waals surface area contributed by atoms with Crippen LogP contribution in [0.1, 0.15) is 33.6 Å². The highest BCUT2D eigenvalue weighted by Gasteiger charge is 2.22. The Hall–Kier alpha value is -1.03. The molecular formula is C12H22N2O2. The predicted octanol–water partition coefficient (Wildman–Crippen LogP) is 1.44. The molecule has 4 nitrogen and oxygen atoms in total. The molecule has 1 aliphatic heterocycles. The summed E-state index contributed by atoms with van der Waals surface area (Å²) in [7, 11) is 0. The molecule has 1 rings (SSSR count). The number of hydrogen-bond acceptors (Lipinski definition) is 3. The molecule has 0 aromatic heterocycles. The zero-order valence-electron chi connectivity index (χ0n) is 10.4. The molecule has 4 heteroatoms. The number of hydrogen-bond donors (Lipinski definition) is 2. The summed E-state index contributed by atoms with van der Waals surface area (Å²) in [5, 5.41) is 12.1. The number of rotatable bonds is 5. The maximum Gasteiger partial charge on any atom is 0.333 e. The molecule has 16 heavy (non-hydrogen) atoms. The van der Waals surface area contributed by atoms with Crippen LogP contribution in [0, 0.1) is 0 Å². The summed E-state index contributed by atoms with van der Waals surface area (Å²) in [6.07, 6.45) is 2.46. The van der Waals surface area contributed by atoms with Crippen molar-refractivity contribution in [2.24, 2.45) is 0 Å². The SMILES string of the molecule is CCN1CCCC1CN/C(C)=C(/C)C(=O)O. The summed E-state index contributed by atoms with van der Waals surface area (Å²) in [6.45, 7) is 8.73.